The molecule has 3 amide bonds. The smallest absolute Gasteiger partial charge is 0.253 e. The number of carbonyl (C=O) groups is 3. The van der Waals surface area contributed by atoms with Gasteiger partial charge in [-0.25, -0.2) is 0 Å². The zero-order valence-electron chi connectivity index (χ0n) is 29.5. The Morgan fingerprint density at radius 2 is 1.46 bits per heavy atom. The Kier molecular flexibility index (Phi) is 15.4. The predicted molar refractivity (Wildman–Crippen MR) is 191 cm³/mol. The number of benzene rings is 2. The third-order valence-electron chi connectivity index (χ3n) is 9.00. The van der Waals surface area contributed by atoms with Gasteiger partial charge in [-0.15, -0.1) is 0 Å². The maximum absolute atomic E-state index is 14.2. The minimum absolute atomic E-state index is 0.00608. The molecule has 0 saturated heterocycles. The lowest BCUT2D eigenvalue weighted by atomic mass is 9.63. The molecular weight excluding hydrogens is 604 g/mol. The van der Waals surface area contributed by atoms with Gasteiger partial charge >= 0.3 is 0 Å². The number of nitrogens with one attached hydrogen (secondary N) is 1. The van der Waals surface area contributed by atoms with Crippen LogP contribution in [0.25, 0.3) is 0 Å². The van der Waals surface area contributed by atoms with E-state index in [1.807, 2.05) is 82.3 Å². The molecule has 1 aliphatic carbocycles. The third kappa shape index (κ3) is 10.0. The quantitative estimate of drug-likeness (QED) is 0.183. The van der Waals surface area contributed by atoms with Crippen LogP contribution in [0.2, 0.25) is 0 Å². The Hall–Kier alpha value is -3.95. The van der Waals surface area contributed by atoms with E-state index in [1.165, 1.54) is 0 Å². The Morgan fingerprint density at radius 1 is 0.875 bits per heavy atom. The minimum atomic E-state index is -1.51. The molecule has 3 atom stereocenters. The SMILES string of the molecule is CCCN(CCC)C(=O)C1=CC(C(N)=O)([C@H](Cc2ccccc2)[C@@H](O)CNCc2cccc(OC)c2)CC(C(=O)N(CCC)CCC)=C1. The number of nitrogens with zero attached hydrogens (tertiary/aromatic N) is 2. The van der Waals surface area contributed by atoms with Crippen molar-refractivity contribution in [3.63, 3.8) is 0 Å². The molecule has 2 aromatic rings. The molecule has 48 heavy (non-hydrogen) atoms. The zero-order chi connectivity index (χ0) is 35.1. The lowest BCUT2D eigenvalue weighted by molar-refractivity contribution is -0.132. The molecule has 0 fully saturated rings. The predicted octanol–water partition coefficient (Wildman–Crippen LogP) is 5.03. The number of carbonyl (C=O) groups excluding carboxylic acids is 3. The van der Waals surface area contributed by atoms with E-state index in [0.29, 0.717) is 44.7 Å². The summed E-state index contributed by atoms with van der Waals surface area (Å²) in [5.41, 5.74) is 7.37. The number of aliphatic hydroxyl groups excluding tert-OH is 1. The van der Waals surface area contributed by atoms with Crippen LogP contribution in [0.1, 0.15) is 70.9 Å². The highest BCUT2D eigenvalue weighted by atomic mass is 16.5. The van der Waals surface area contributed by atoms with Gasteiger partial charge in [0.2, 0.25) is 11.8 Å². The average molecular weight is 661 g/mol. The Morgan fingerprint density at radius 3 is 2.02 bits per heavy atom. The lowest BCUT2D eigenvalue weighted by Crippen LogP contribution is -2.52. The van der Waals surface area contributed by atoms with Crippen LogP contribution in [0, 0.1) is 11.3 Å². The molecule has 3 rings (SSSR count). The number of primary amides is 1. The van der Waals surface area contributed by atoms with Gasteiger partial charge in [-0.2, -0.15) is 0 Å². The van der Waals surface area contributed by atoms with E-state index in [2.05, 4.69) is 5.32 Å². The summed E-state index contributed by atoms with van der Waals surface area (Å²) >= 11 is 0. The summed E-state index contributed by atoms with van der Waals surface area (Å²) in [5, 5.41) is 15.3. The highest BCUT2D eigenvalue weighted by Crippen LogP contribution is 2.45. The van der Waals surface area contributed by atoms with E-state index in [-0.39, 0.29) is 30.4 Å². The minimum Gasteiger partial charge on any atom is -0.497 e. The molecule has 262 valence electrons. The Labute approximate surface area is 287 Å². The number of aliphatic hydroxyl groups is 1. The van der Waals surface area contributed by atoms with Crippen LogP contribution >= 0.6 is 0 Å². The van der Waals surface area contributed by atoms with Gasteiger partial charge in [0.1, 0.15) is 5.75 Å². The van der Waals surface area contributed by atoms with E-state index in [1.54, 1.807) is 29.1 Å². The highest BCUT2D eigenvalue weighted by Gasteiger charge is 2.49. The first-order chi connectivity index (χ1) is 23.1. The summed E-state index contributed by atoms with van der Waals surface area (Å²) in [6, 6.07) is 17.3. The van der Waals surface area contributed by atoms with Crippen LogP contribution < -0.4 is 15.8 Å². The number of rotatable bonds is 20. The monoisotopic (exact) mass is 660 g/mol. The van der Waals surface area contributed by atoms with Crippen molar-refractivity contribution < 1.29 is 24.2 Å². The lowest BCUT2D eigenvalue weighted by Gasteiger charge is -2.42. The van der Waals surface area contributed by atoms with Gasteiger partial charge in [0.25, 0.3) is 5.91 Å². The van der Waals surface area contributed by atoms with Crippen LogP contribution in [0.4, 0.5) is 0 Å². The molecule has 9 heteroatoms. The molecule has 0 saturated carbocycles. The fraction of sp³-hybridized carbons (Fsp3) is 0.513. The summed E-state index contributed by atoms with van der Waals surface area (Å²) in [6.07, 6.45) is 5.67. The summed E-state index contributed by atoms with van der Waals surface area (Å²) in [4.78, 5) is 45.8. The average Bonchev–Trinajstić information content (AvgIpc) is 3.10. The van der Waals surface area contributed by atoms with Crippen LogP contribution in [-0.2, 0) is 27.3 Å². The zero-order valence-corrected chi connectivity index (χ0v) is 29.5. The number of hydrogen-bond acceptors (Lipinski definition) is 6. The second-order valence-electron chi connectivity index (χ2n) is 12.8. The van der Waals surface area contributed by atoms with Crippen LogP contribution in [0.15, 0.2) is 77.9 Å². The van der Waals surface area contributed by atoms with Crippen molar-refractivity contribution >= 4 is 17.7 Å². The normalized spacial score (nSPS) is 17.1. The topological polar surface area (TPSA) is 125 Å². The first-order valence-electron chi connectivity index (χ1n) is 17.5. The Bertz CT molecular complexity index is 1400. The number of amides is 3. The fourth-order valence-electron chi connectivity index (χ4n) is 6.68. The van der Waals surface area contributed by atoms with Crippen molar-refractivity contribution in [1.82, 2.24) is 15.1 Å². The van der Waals surface area contributed by atoms with Crippen LogP contribution in [0.5, 0.6) is 5.75 Å². The van der Waals surface area contributed by atoms with Crippen molar-refractivity contribution in [2.24, 2.45) is 17.1 Å². The van der Waals surface area contributed by atoms with Crippen LogP contribution in [-0.4, -0.2) is 78.6 Å². The third-order valence-corrected chi connectivity index (χ3v) is 9.00. The van der Waals surface area contributed by atoms with Gasteiger partial charge in [0.15, 0.2) is 0 Å². The van der Waals surface area contributed by atoms with Gasteiger partial charge in [-0.1, -0.05) is 76.2 Å². The summed E-state index contributed by atoms with van der Waals surface area (Å²) in [7, 11) is 1.62. The molecule has 0 aliphatic heterocycles. The first kappa shape index (κ1) is 38.5. The number of hydrogen-bond donors (Lipinski definition) is 3. The van der Waals surface area contributed by atoms with Gasteiger partial charge in [0, 0.05) is 56.3 Å². The van der Waals surface area contributed by atoms with Crippen molar-refractivity contribution in [2.75, 3.05) is 39.8 Å². The van der Waals surface area contributed by atoms with Crippen molar-refractivity contribution in [3.05, 3.63) is 89.0 Å². The van der Waals surface area contributed by atoms with Gasteiger partial charge < -0.3 is 30.7 Å². The van der Waals surface area contributed by atoms with Gasteiger partial charge in [-0.3, -0.25) is 14.4 Å². The standard InChI is InChI=1S/C39H56N4O5/c1-6-18-42(19-7-2)36(45)31-24-32(37(46)43(20-8-3)21-9-4)26-39(25-31,38(40)47)34(23-29-14-11-10-12-15-29)35(44)28-41-27-30-16-13-17-33(22-30)48-5/h10-17,22,24-25,34-35,41,44H,6-9,18-21,23,26-28H2,1-5H3,(H2,40,47)/t34-,35+,39?/m1/s1. The molecular formula is C39H56N4O5. The molecule has 2 aromatic carbocycles. The van der Waals surface area contributed by atoms with E-state index >= 15 is 0 Å². The van der Waals surface area contributed by atoms with Crippen molar-refractivity contribution in [3.8, 4) is 5.75 Å². The summed E-state index contributed by atoms with van der Waals surface area (Å²) < 4.78 is 5.36. The van der Waals surface area contributed by atoms with Crippen molar-refractivity contribution in [1.29, 1.82) is 0 Å². The molecule has 0 spiro atoms. The molecule has 1 unspecified atom stereocenters. The van der Waals surface area contributed by atoms with E-state index in [9.17, 15) is 19.5 Å². The largest absolute Gasteiger partial charge is 0.497 e. The Balaban J connectivity index is 2.13. The molecule has 0 radical (unpaired) electrons. The highest BCUT2D eigenvalue weighted by molar-refractivity contribution is 6.04. The second kappa shape index (κ2) is 19.1. The van der Waals surface area contributed by atoms with E-state index < -0.39 is 23.3 Å². The molecule has 9 nitrogen and oxygen atoms in total. The second-order valence-corrected chi connectivity index (χ2v) is 12.8. The van der Waals surface area contributed by atoms with E-state index in [4.69, 9.17) is 10.5 Å². The summed E-state index contributed by atoms with van der Waals surface area (Å²) in [6.45, 7) is 10.9. The van der Waals surface area contributed by atoms with Crippen LogP contribution in [0.3, 0.4) is 0 Å². The molecule has 0 aromatic heterocycles. The number of ether oxygens (including phenoxy) is 1. The number of methoxy groups -OCH3 is 1. The molecule has 1 aliphatic rings. The first-order valence-corrected chi connectivity index (χ1v) is 17.5. The maximum atomic E-state index is 14.2. The molecule has 4 N–H and O–H groups in total. The fourth-order valence-corrected chi connectivity index (χ4v) is 6.68. The van der Waals surface area contributed by atoms with Gasteiger partial charge in [0.05, 0.1) is 18.6 Å². The molecule has 0 heterocycles. The maximum Gasteiger partial charge on any atom is 0.253 e. The van der Waals surface area contributed by atoms with E-state index in [0.717, 1.165) is 42.6 Å². The summed E-state index contributed by atoms with van der Waals surface area (Å²) in [5.74, 6) is -1.13. The number of nitrogens with two attached hydrogens (primary N) is 1. The molecule has 0 bridgehead atoms. The van der Waals surface area contributed by atoms with Gasteiger partial charge in [-0.05, 0) is 67.9 Å². The van der Waals surface area contributed by atoms with Crippen molar-refractivity contribution in [2.45, 2.75) is 78.9 Å².